The van der Waals surface area contributed by atoms with E-state index in [0.717, 1.165) is 29.3 Å². The van der Waals surface area contributed by atoms with Crippen LogP contribution >= 0.6 is 15.9 Å². The van der Waals surface area contributed by atoms with Gasteiger partial charge in [0, 0.05) is 23.0 Å². The van der Waals surface area contributed by atoms with Crippen molar-refractivity contribution >= 4 is 21.8 Å². The minimum atomic E-state index is 0.0471. The molecule has 0 spiro atoms. The molecule has 0 bridgehead atoms. The molecule has 19 heavy (non-hydrogen) atoms. The smallest absolute Gasteiger partial charge is 0.223 e. The summed E-state index contributed by atoms with van der Waals surface area (Å²) in [5.41, 5.74) is 6.80. The Morgan fingerprint density at radius 3 is 2.74 bits per heavy atom. The first-order valence-corrected chi connectivity index (χ1v) is 7.56. The zero-order chi connectivity index (χ0) is 14.3. The van der Waals surface area contributed by atoms with E-state index in [-0.39, 0.29) is 17.9 Å². The van der Waals surface area contributed by atoms with E-state index in [0.29, 0.717) is 6.54 Å². The molecule has 0 saturated carbocycles. The summed E-state index contributed by atoms with van der Waals surface area (Å²) >= 11 is 3.42. The van der Waals surface area contributed by atoms with Gasteiger partial charge in [0.05, 0.1) is 0 Å². The molecule has 0 fully saturated rings. The monoisotopic (exact) mass is 326 g/mol. The van der Waals surface area contributed by atoms with Crippen molar-refractivity contribution in [2.45, 2.75) is 45.7 Å². The lowest BCUT2D eigenvalue weighted by molar-refractivity contribution is -0.124. The molecule has 0 aliphatic rings. The predicted molar refractivity (Wildman–Crippen MR) is 82.7 cm³/mol. The van der Waals surface area contributed by atoms with Gasteiger partial charge in [0.2, 0.25) is 5.91 Å². The van der Waals surface area contributed by atoms with Gasteiger partial charge >= 0.3 is 0 Å². The second-order valence-corrected chi connectivity index (χ2v) is 6.07. The van der Waals surface area contributed by atoms with Crippen LogP contribution in [0, 0.1) is 5.92 Å². The highest BCUT2D eigenvalue weighted by Gasteiger charge is 2.12. The Hall–Kier alpha value is -0.870. The minimum absolute atomic E-state index is 0.0471. The number of carbonyl (C=O) groups is 1. The molecule has 0 saturated heterocycles. The van der Waals surface area contributed by atoms with Crippen molar-refractivity contribution in [2.24, 2.45) is 11.7 Å². The third-order valence-corrected chi connectivity index (χ3v) is 3.59. The van der Waals surface area contributed by atoms with E-state index in [2.05, 4.69) is 21.2 Å². The number of hydrogen-bond acceptors (Lipinski definition) is 2. The van der Waals surface area contributed by atoms with Crippen LogP contribution in [-0.4, -0.2) is 11.9 Å². The van der Waals surface area contributed by atoms with E-state index in [1.165, 1.54) is 0 Å². The third kappa shape index (κ3) is 6.73. The van der Waals surface area contributed by atoms with Gasteiger partial charge in [0.25, 0.3) is 0 Å². The second-order valence-electron chi connectivity index (χ2n) is 5.16. The average molecular weight is 327 g/mol. The molecule has 0 aromatic heterocycles. The lowest BCUT2D eigenvalue weighted by atomic mass is 10.0. The Kier molecular flexibility index (Phi) is 7.10. The van der Waals surface area contributed by atoms with E-state index in [1.807, 2.05) is 38.1 Å². The summed E-state index contributed by atoms with van der Waals surface area (Å²) < 4.78 is 1.03. The molecule has 0 aliphatic heterocycles. The molecular formula is C15H23BrN2O. The summed E-state index contributed by atoms with van der Waals surface area (Å²) in [6.07, 6.45) is 2.87. The molecule has 2 atom stereocenters. The van der Waals surface area contributed by atoms with Crippen LogP contribution in [0.2, 0.25) is 0 Å². The Morgan fingerprint density at radius 1 is 1.37 bits per heavy atom. The maximum atomic E-state index is 11.9. The van der Waals surface area contributed by atoms with Crippen molar-refractivity contribution in [1.29, 1.82) is 0 Å². The Labute approximate surface area is 124 Å². The van der Waals surface area contributed by atoms with E-state index in [1.54, 1.807) is 0 Å². The van der Waals surface area contributed by atoms with Gasteiger partial charge in [0.15, 0.2) is 0 Å². The molecular weight excluding hydrogens is 304 g/mol. The van der Waals surface area contributed by atoms with Crippen LogP contribution in [-0.2, 0) is 11.3 Å². The van der Waals surface area contributed by atoms with Crippen LogP contribution in [0.3, 0.4) is 0 Å². The fourth-order valence-corrected chi connectivity index (χ4v) is 2.33. The number of halogens is 1. The molecule has 1 rings (SSSR count). The second kappa shape index (κ2) is 8.33. The van der Waals surface area contributed by atoms with E-state index in [9.17, 15) is 4.79 Å². The zero-order valence-corrected chi connectivity index (χ0v) is 13.2. The Balaban J connectivity index is 2.30. The molecule has 106 valence electrons. The fourth-order valence-electron chi connectivity index (χ4n) is 1.89. The summed E-state index contributed by atoms with van der Waals surface area (Å²) in [4.78, 5) is 11.9. The van der Waals surface area contributed by atoms with Crippen molar-refractivity contribution in [3.05, 3.63) is 34.3 Å². The standard InChI is InChI=1S/C15H23BrN2O/c1-11(5-3-6-12(2)17)15(19)18-10-13-7-4-8-14(16)9-13/h4,7-9,11-12H,3,5-6,10,17H2,1-2H3,(H,18,19). The van der Waals surface area contributed by atoms with Crippen molar-refractivity contribution in [3.63, 3.8) is 0 Å². The predicted octanol–water partition coefficient (Wildman–Crippen LogP) is 3.22. The molecule has 0 aliphatic carbocycles. The highest BCUT2D eigenvalue weighted by atomic mass is 79.9. The number of rotatable bonds is 7. The molecule has 2 unspecified atom stereocenters. The van der Waals surface area contributed by atoms with E-state index in [4.69, 9.17) is 5.73 Å². The quantitative estimate of drug-likeness (QED) is 0.808. The summed E-state index contributed by atoms with van der Waals surface area (Å²) in [5.74, 6) is 0.163. The molecule has 0 heterocycles. The van der Waals surface area contributed by atoms with Crippen LogP contribution < -0.4 is 11.1 Å². The average Bonchev–Trinajstić information content (AvgIpc) is 2.35. The van der Waals surface area contributed by atoms with Crippen LogP contribution in [0.15, 0.2) is 28.7 Å². The molecule has 0 radical (unpaired) electrons. The largest absolute Gasteiger partial charge is 0.352 e. The normalized spacial score (nSPS) is 13.9. The Morgan fingerprint density at radius 2 is 2.11 bits per heavy atom. The number of carbonyl (C=O) groups excluding carboxylic acids is 1. The van der Waals surface area contributed by atoms with Gasteiger partial charge in [-0.3, -0.25) is 4.79 Å². The molecule has 1 aromatic rings. The first-order valence-electron chi connectivity index (χ1n) is 6.76. The first kappa shape index (κ1) is 16.2. The van der Waals surface area contributed by atoms with Crippen LogP contribution in [0.4, 0.5) is 0 Å². The third-order valence-electron chi connectivity index (χ3n) is 3.10. The van der Waals surface area contributed by atoms with Crippen molar-refractivity contribution in [2.75, 3.05) is 0 Å². The molecule has 3 nitrogen and oxygen atoms in total. The zero-order valence-electron chi connectivity index (χ0n) is 11.7. The number of nitrogens with two attached hydrogens (primary N) is 1. The highest BCUT2D eigenvalue weighted by molar-refractivity contribution is 9.10. The SMILES string of the molecule is CC(N)CCCC(C)C(=O)NCc1cccc(Br)c1. The summed E-state index contributed by atoms with van der Waals surface area (Å²) in [6, 6.07) is 8.18. The van der Waals surface area contributed by atoms with Gasteiger partial charge in [-0.1, -0.05) is 41.4 Å². The van der Waals surface area contributed by atoms with Crippen LogP contribution in [0.25, 0.3) is 0 Å². The van der Waals surface area contributed by atoms with E-state index >= 15 is 0 Å². The van der Waals surface area contributed by atoms with Crippen LogP contribution in [0.5, 0.6) is 0 Å². The van der Waals surface area contributed by atoms with Gasteiger partial charge in [0.1, 0.15) is 0 Å². The molecule has 1 aromatic carbocycles. The summed E-state index contributed by atoms with van der Waals surface area (Å²) in [7, 11) is 0. The van der Waals surface area contributed by atoms with Gasteiger partial charge in [-0.2, -0.15) is 0 Å². The van der Waals surface area contributed by atoms with E-state index < -0.39 is 0 Å². The van der Waals surface area contributed by atoms with Crippen molar-refractivity contribution < 1.29 is 4.79 Å². The van der Waals surface area contributed by atoms with Crippen LogP contribution in [0.1, 0.15) is 38.7 Å². The fraction of sp³-hybridized carbons (Fsp3) is 0.533. The minimum Gasteiger partial charge on any atom is -0.352 e. The first-order chi connectivity index (χ1) is 8.99. The van der Waals surface area contributed by atoms with Gasteiger partial charge in [-0.05, 0) is 37.5 Å². The highest BCUT2D eigenvalue weighted by Crippen LogP contribution is 2.12. The van der Waals surface area contributed by atoms with Gasteiger partial charge < -0.3 is 11.1 Å². The number of nitrogens with one attached hydrogen (secondary N) is 1. The Bertz CT molecular complexity index is 407. The maximum absolute atomic E-state index is 11.9. The molecule has 3 N–H and O–H groups in total. The van der Waals surface area contributed by atoms with Gasteiger partial charge in [-0.15, -0.1) is 0 Å². The molecule has 4 heteroatoms. The number of benzene rings is 1. The topological polar surface area (TPSA) is 55.1 Å². The molecule has 1 amide bonds. The number of amides is 1. The van der Waals surface area contributed by atoms with Crippen molar-refractivity contribution in [1.82, 2.24) is 5.32 Å². The number of hydrogen-bond donors (Lipinski definition) is 2. The summed E-state index contributed by atoms with van der Waals surface area (Å²) in [6.45, 7) is 4.55. The van der Waals surface area contributed by atoms with Gasteiger partial charge in [-0.25, -0.2) is 0 Å². The maximum Gasteiger partial charge on any atom is 0.223 e. The lowest BCUT2D eigenvalue weighted by Crippen LogP contribution is -2.29. The van der Waals surface area contributed by atoms with Crippen molar-refractivity contribution in [3.8, 4) is 0 Å². The lowest BCUT2D eigenvalue weighted by Gasteiger charge is -2.13. The summed E-state index contributed by atoms with van der Waals surface area (Å²) in [5, 5.41) is 2.97.